The van der Waals surface area contributed by atoms with Crippen LogP contribution >= 0.6 is 0 Å². The van der Waals surface area contributed by atoms with Crippen LogP contribution < -0.4 is 0 Å². The molecule has 0 saturated carbocycles. The first-order valence-electron chi connectivity index (χ1n) is 5.35. The fourth-order valence-corrected chi connectivity index (χ4v) is 3.56. The normalized spacial score (nSPS) is 17.7. The summed E-state index contributed by atoms with van der Waals surface area (Å²) >= 11 is 0. The molecule has 2 aromatic carbocycles. The molecule has 1 atom stereocenters. The van der Waals surface area contributed by atoms with Gasteiger partial charge in [0.15, 0.2) is 0 Å². The van der Waals surface area contributed by atoms with Crippen molar-refractivity contribution in [1.82, 2.24) is 0 Å². The van der Waals surface area contributed by atoms with Crippen molar-refractivity contribution < 1.29 is 4.21 Å². The van der Waals surface area contributed by atoms with Crippen molar-refractivity contribution in [3.63, 3.8) is 0 Å². The van der Waals surface area contributed by atoms with Crippen molar-refractivity contribution >= 4 is 10.8 Å². The standard InChI is InChI=1S/C14H12OS/c1-10-6-7-14-12(8-10)9-11-4-2-3-5-13(11)16(14)15/h2-8H,9H2,1H3. The minimum atomic E-state index is -0.998. The summed E-state index contributed by atoms with van der Waals surface area (Å²) in [6, 6.07) is 14.2. The highest BCUT2D eigenvalue weighted by Gasteiger charge is 2.21. The first-order chi connectivity index (χ1) is 7.75. The van der Waals surface area contributed by atoms with Gasteiger partial charge < -0.3 is 0 Å². The summed E-state index contributed by atoms with van der Waals surface area (Å²) in [5.74, 6) is 0. The molecule has 1 aliphatic heterocycles. The van der Waals surface area contributed by atoms with Gasteiger partial charge in [0, 0.05) is 9.79 Å². The highest BCUT2D eigenvalue weighted by molar-refractivity contribution is 7.85. The smallest absolute Gasteiger partial charge is 0.0855 e. The lowest BCUT2D eigenvalue weighted by molar-refractivity contribution is 0.679. The van der Waals surface area contributed by atoms with Crippen LogP contribution in [-0.2, 0) is 17.2 Å². The molecule has 16 heavy (non-hydrogen) atoms. The van der Waals surface area contributed by atoms with Gasteiger partial charge in [0.05, 0.1) is 10.8 Å². The van der Waals surface area contributed by atoms with E-state index in [0.29, 0.717) is 0 Å². The third-order valence-corrected chi connectivity index (χ3v) is 4.56. The molecule has 0 aliphatic carbocycles. The van der Waals surface area contributed by atoms with E-state index in [9.17, 15) is 4.21 Å². The number of aryl methyl sites for hydroxylation is 1. The molecule has 1 aliphatic rings. The average molecular weight is 228 g/mol. The third-order valence-electron chi connectivity index (χ3n) is 2.97. The Kier molecular flexibility index (Phi) is 2.18. The van der Waals surface area contributed by atoms with E-state index in [2.05, 4.69) is 19.1 Å². The van der Waals surface area contributed by atoms with Gasteiger partial charge in [-0.15, -0.1) is 0 Å². The fourth-order valence-electron chi connectivity index (χ4n) is 2.18. The van der Waals surface area contributed by atoms with Gasteiger partial charge in [0.1, 0.15) is 0 Å². The monoisotopic (exact) mass is 228 g/mol. The molecule has 2 heteroatoms. The molecule has 0 saturated heterocycles. The SMILES string of the molecule is Cc1ccc2c(c1)Cc1ccccc1S2=O. The van der Waals surface area contributed by atoms with Gasteiger partial charge in [-0.3, -0.25) is 0 Å². The molecule has 0 spiro atoms. The summed E-state index contributed by atoms with van der Waals surface area (Å²) in [6.45, 7) is 2.07. The summed E-state index contributed by atoms with van der Waals surface area (Å²) in [4.78, 5) is 1.95. The molecule has 80 valence electrons. The van der Waals surface area contributed by atoms with Crippen LogP contribution in [0.4, 0.5) is 0 Å². The van der Waals surface area contributed by atoms with E-state index in [1.54, 1.807) is 0 Å². The largest absolute Gasteiger partial charge is 0.249 e. The third kappa shape index (κ3) is 1.41. The molecular weight excluding hydrogens is 216 g/mol. The van der Waals surface area contributed by atoms with Crippen molar-refractivity contribution in [3.8, 4) is 0 Å². The second kappa shape index (κ2) is 3.56. The van der Waals surface area contributed by atoms with Crippen LogP contribution in [0.25, 0.3) is 0 Å². The molecule has 0 fully saturated rings. The molecule has 2 aromatic rings. The van der Waals surface area contributed by atoms with Crippen LogP contribution in [0.5, 0.6) is 0 Å². The fraction of sp³-hybridized carbons (Fsp3) is 0.143. The van der Waals surface area contributed by atoms with Crippen LogP contribution in [0.2, 0.25) is 0 Å². The van der Waals surface area contributed by atoms with E-state index in [0.717, 1.165) is 16.2 Å². The quantitative estimate of drug-likeness (QED) is 0.578. The topological polar surface area (TPSA) is 17.1 Å². The lowest BCUT2D eigenvalue weighted by Crippen LogP contribution is -2.09. The Morgan fingerprint density at radius 2 is 1.75 bits per heavy atom. The van der Waals surface area contributed by atoms with E-state index in [1.165, 1.54) is 16.7 Å². The first-order valence-corrected chi connectivity index (χ1v) is 6.50. The highest BCUT2D eigenvalue weighted by atomic mass is 32.2. The number of rotatable bonds is 0. The Morgan fingerprint density at radius 3 is 2.62 bits per heavy atom. The Bertz CT molecular complexity index is 587. The van der Waals surface area contributed by atoms with Crippen LogP contribution in [0, 0.1) is 6.92 Å². The maximum atomic E-state index is 12.3. The molecule has 0 bridgehead atoms. The molecule has 0 amide bonds. The second-order valence-corrected chi connectivity index (χ2v) is 5.58. The van der Waals surface area contributed by atoms with Gasteiger partial charge in [0.25, 0.3) is 0 Å². The molecule has 3 rings (SSSR count). The Hall–Kier alpha value is -1.41. The van der Waals surface area contributed by atoms with Crippen molar-refractivity contribution in [2.45, 2.75) is 23.1 Å². The van der Waals surface area contributed by atoms with E-state index in [1.807, 2.05) is 30.3 Å². The lowest BCUT2D eigenvalue weighted by atomic mass is 10.0. The van der Waals surface area contributed by atoms with Gasteiger partial charge in [0.2, 0.25) is 0 Å². The van der Waals surface area contributed by atoms with Crippen LogP contribution in [0.15, 0.2) is 52.3 Å². The average Bonchev–Trinajstić information content (AvgIpc) is 2.29. The van der Waals surface area contributed by atoms with Gasteiger partial charge in [-0.05, 0) is 36.6 Å². The van der Waals surface area contributed by atoms with Crippen molar-refractivity contribution in [2.75, 3.05) is 0 Å². The summed E-state index contributed by atoms with van der Waals surface area (Å²) < 4.78 is 12.3. The van der Waals surface area contributed by atoms with Crippen LogP contribution in [-0.4, -0.2) is 4.21 Å². The van der Waals surface area contributed by atoms with E-state index >= 15 is 0 Å². The van der Waals surface area contributed by atoms with E-state index in [4.69, 9.17) is 0 Å². The Balaban J connectivity index is 2.22. The zero-order valence-electron chi connectivity index (χ0n) is 9.07. The van der Waals surface area contributed by atoms with Crippen molar-refractivity contribution in [3.05, 3.63) is 59.2 Å². The Labute approximate surface area is 97.6 Å². The van der Waals surface area contributed by atoms with Crippen LogP contribution in [0.1, 0.15) is 16.7 Å². The summed E-state index contributed by atoms with van der Waals surface area (Å²) in [6.07, 6.45) is 0.902. The van der Waals surface area contributed by atoms with Gasteiger partial charge in [-0.1, -0.05) is 35.9 Å². The summed E-state index contributed by atoms with van der Waals surface area (Å²) in [5.41, 5.74) is 3.63. The van der Waals surface area contributed by atoms with Crippen molar-refractivity contribution in [2.24, 2.45) is 0 Å². The molecule has 0 radical (unpaired) electrons. The number of benzene rings is 2. The van der Waals surface area contributed by atoms with E-state index in [-0.39, 0.29) is 0 Å². The van der Waals surface area contributed by atoms with E-state index < -0.39 is 10.8 Å². The molecule has 1 unspecified atom stereocenters. The number of hydrogen-bond acceptors (Lipinski definition) is 1. The summed E-state index contributed by atoms with van der Waals surface area (Å²) in [7, 11) is -0.998. The van der Waals surface area contributed by atoms with Gasteiger partial charge >= 0.3 is 0 Å². The zero-order valence-corrected chi connectivity index (χ0v) is 9.88. The van der Waals surface area contributed by atoms with Crippen molar-refractivity contribution in [1.29, 1.82) is 0 Å². The number of fused-ring (bicyclic) bond motifs is 2. The minimum absolute atomic E-state index is 0.902. The predicted octanol–water partition coefficient (Wildman–Crippen LogP) is 3.07. The van der Waals surface area contributed by atoms with Gasteiger partial charge in [-0.2, -0.15) is 0 Å². The first kappa shape index (κ1) is 9.79. The maximum Gasteiger partial charge on any atom is 0.0855 e. The van der Waals surface area contributed by atoms with Crippen LogP contribution in [0.3, 0.4) is 0 Å². The zero-order chi connectivity index (χ0) is 11.1. The van der Waals surface area contributed by atoms with Gasteiger partial charge in [-0.25, -0.2) is 4.21 Å². The minimum Gasteiger partial charge on any atom is -0.249 e. The molecule has 0 aromatic heterocycles. The second-order valence-electron chi connectivity index (χ2n) is 4.16. The molecule has 0 N–H and O–H groups in total. The highest BCUT2D eigenvalue weighted by Crippen LogP contribution is 2.31. The molecule has 1 nitrogen and oxygen atoms in total. The maximum absolute atomic E-state index is 12.3. The Morgan fingerprint density at radius 1 is 1.00 bits per heavy atom. The number of hydrogen-bond donors (Lipinski definition) is 0. The molecular formula is C14H12OS. The summed E-state index contributed by atoms with van der Waals surface area (Å²) in [5, 5.41) is 0. The molecule has 1 heterocycles. The predicted molar refractivity (Wildman–Crippen MR) is 65.1 cm³/mol. The lowest BCUT2D eigenvalue weighted by Gasteiger charge is -2.19.